The van der Waals surface area contributed by atoms with Gasteiger partial charge in [-0.3, -0.25) is 0 Å². The molecule has 0 heterocycles. The molecule has 0 aliphatic rings. The summed E-state index contributed by atoms with van der Waals surface area (Å²) in [5, 5.41) is 8.91. The lowest BCUT2D eigenvalue weighted by Crippen LogP contribution is -1.88. The third-order valence-electron chi connectivity index (χ3n) is 2.79. The molecular weight excluding hydrogens is 238 g/mol. The lowest BCUT2D eigenvalue weighted by Gasteiger charge is -2.10. The molecule has 1 nitrogen and oxygen atoms in total. The van der Waals surface area contributed by atoms with Crippen LogP contribution in [0.25, 0.3) is 0 Å². The molecule has 0 atom stereocenters. The second-order valence-corrected chi connectivity index (χ2v) is 5.55. The Morgan fingerprint density at radius 1 is 1.00 bits per heavy atom. The summed E-state index contributed by atoms with van der Waals surface area (Å²) in [4.78, 5) is 2.40. The van der Waals surface area contributed by atoms with Crippen molar-refractivity contribution in [2.45, 2.75) is 30.6 Å². The minimum absolute atomic E-state index is 0.711. The highest BCUT2D eigenvalue weighted by Gasteiger charge is 2.06. The quantitative estimate of drug-likeness (QED) is 0.778. The number of benzene rings is 2. The van der Waals surface area contributed by atoms with Crippen LogP contribution in [0.4, 0.5) is 0 Å². The first-order valence-corrected chi connectivity index (χ1v) is 6.67. The summed E-state index contributed by atoms with van der Waals surface area (Å²) in [7, 11) is 0. The third-order valence-corrected chi connectivity index (χ3v) is 4.13. The van der Waals surface area contributed by atoms with Gasteiger partial charge in [0.2, 0.25) is 0 Å². The normalized spacial score (nSPS) is 10.1. The molecule has 0 radical (unpaired) electrons. The van der Waals surface area contributed by atoms with Crippen LogP contribution in [0.5, 0.6) is 0 Å². The second-order valence-electron chi connectivity index (χ2n) is 4.47. The molecule has 0 saturated heterocycles. The van der Waals surface area contributed by atoms with Crippen molar-refractivity contribution in [2.24, 2.45) is 0 Å². The fourth-order valence-electron chi connectivity index (χ4n) is 2.07. The van der Waals surface area contributed by atoms with Crippen LogP contribution >= 0.6 is 11.8 Å². The third kappa shape index (κ3) is 2.75. The van der Waals surface area contributed by atoms with Crippen molar-refractivity contribution in [3.05, 3.63) is 58.7 Å². The van der Waals surface area contributed by atoms with Crippen LogP contribution in [0.1, 0.15) is 22.3 Å². The molecule has 0 aromatic heterocycles. The summed E-state index contributed by atoms with van der Waals surface area (Å²) in [6, 6.07) is 14.3. The Morgan fingerprint density at radius 3 is 2.28 bits per heavy atom. The van der Waals surface area contributed by atoms with Gasteiger partial charge < -0.3 is 0 Å². The lowest BCUT2D eigenvalue weighted by molar-refractivity contribution is 1.18. The van der Waals surface area contributed by atoms with E-state index < -0.39 is 0 Å². The van der Waals surface area contributed by atoms with Gasteiger partial charge in [-0.1, -0.05) is 35.5 Å². The van der Waals surface area contributed by atoms with Crippen molar-refractivity contribution in [3.8, 4) is 6.07 Å². The average molecular weight is 253 g/mol. The molecule has 0 aliphatic heterocycles. The topological polar surface area (TPSA) is 23.8 Å². The van der Waals surface area contributed by atoms with Gasteiger partial charge in [-0.2, -0.15) is 5.26 Å². The highest BCUT2D eigenvalue weighted by atomic mass is 32.2. The molecule has 0 N–H and O–H groups in total. The highest BCUT2D eigenvalue weighted by Crippen LogP contribution is 2.33. The Bertz CT molecular complexity index is 600. The van der Waals surface area contributed by atoms with E-state index in [-0.39, 0.29) is 0 Å². The van der Waals surface area contributed by atoms with Crippen molar-refractivity contribution in [1.29, 1.82) is 5.26 Å². The number of hydrogen-bond donors (Lipinski definition) is 0. The van der Waals surface area contributed by atoms with E-state index in [1.807, 2.05) is 24.3 Å². The van der Waals surface area contributed by atoms with Crippen LogP contribution < -0.4 is 0 Å². The van der Waals surface area contributed by atoms with Crippen LogP contribution in [0.15, 0.2) is 46.2 Å². The number of aryl methyl sites for hydroxylation is 3. The van der Waals surface area contributed by atoms with Gasteiger partial charge in [0.1, 0.15) is 0 Å². The summed E-state index contributed by atoms with van der Waals surface area (Å²) in [6.45, 7) is 6.39. The Labute approximate surface area is 112 Å². The van der Waals surface area contributed by atoms with Gasteiger partial charge in [0.25, 0.3) is 0 Å². The van der Waals surface area contributed by atoms with Crippen LogP contribution in [0.2, 0.25) is 0 Å². The van der Waals surface area contributed by atoms with Crippen molar-refractivity contribution >= 4 is 11.8 Å². The Kier molecular flexibility index (Phi) is 3.74. The molecule has 0 amide bonds. The largest absolute Gasteiger partial charge is 0.192 e. The van der Waals surface area contributed by atoms with Gasteiger partial charge >= 0.3 is 0 Å². The first-order valence-electron chi connectivity index (χ1n) is 5.86. The van der Waals surface area contributed by atoms with Crippen LogP contribution in [0, 0.1) is 32.1 Å². The Balaban J connectivity index is 2.37. The average Bonchev–Trinajstić information content (AvgIpc) is 2.34. The van der Waals surface area contributed by atoms with Crippen molar-refractivity contribution in [3.63, 3.8) is 0 Å². The number of nitriles is 1. The fourth-order valence-corrected chi connectivity index (χ4v) is 3.08. The predicted octanol–water partition coefficient (Wildman–Crippen LogP) is 4.63. The molecule has 2 rings (SSSR count). The molecule has 2 aromatic rings. The van der Waals surface area contributed by atoms with Crippen LogP contribution in [0.3, 0.4) is 0 Å². The summed E-state index contributed by atoms with van der Waals surface area (Å²) >= 11 is 1.73. The van der Waals surface area contributed by atoms with E-state index in [9.17, 15) is 0 Å². The highest BCUT2D eigenvalue weighted by molar-refractivity contribution is 7.99. The number of rotatable bonds is 2. The molecule has 18 heavy (non-hydrogen) atoms. The van der Waals surface area contributed by atoms with E-state index in [1.165, 1.54) is 21.6 Å². The van der Waals surface area contributed by atoms with Gasteiger partial charge in [0.15, 0.2) is 0 Å². The maximum Gasteiger partial charge on any atom is 0.0992 e. The molecule has 0 bridgehead atoms. The number of nitrogens with zero attached hydrogens (tertiary/aromatic N) is 1. The summed E-state index contributed by atoms with van der Waals surface area (Å²) in [6.07, 6.45) is 0. The first-order chi connectivity index (χ1) is 8.60. The molecule has 90 valence electrons. The van der Waals surface area contributed by atoms with Crippen molar-refractivity contribution in [2.75, 3.05) is 0 Å². The van der Waals surface area contributed by atoms with Crippen molar-refractivity contribution < 1.29 is 0 Å². The van der Waals surface area contributed by atoms with Gasteiger partial charge in [0, 0.05) is 9.79 Å². The first kappa shape index (κ1) is 12.7. The smallest absolute Gasteiger partial charge is 0.0992 e. The van der Waals surface area contributed by atoms with Crippen LogP contribution in [-0.4, -0.2) is 0 Å². The van der Waals surface area contributed by atoms with E-state index in [0.29, 0.717) is 5.56 Å². The molecule has 2 heteroatoms. The monoisotopic (exact) mass is 253 g/mol. The SMILES string of the molecule is Cc1cc(C)c(Sc2cccc(C#N)c2)c(C)c1. The van der Waals surface area contributed by atoms with Gasteiger partial charge in [-0.05, 0) is 50.1 Å². The van der Waals surface area contributed by atoms with E-state index in [1.54, 1.807) is 11.8 Å². The molecule has 0 unspecified atom stereocenters. The summed E-state index contributed by atoms with van der Waals surface area (Å²) in [5.41, 5.74) is 4.59. The minimum atomic E-state index is 0.711. The van der Waals surface area contributed by atoms with Crippen LogP contribution in [-0.2, 0) is 0 Å². The van der Waals surface area contributed by atoms with Gasteiger partial charge in [-0.15, -0.1) is 0 Å². The summed E-state index contributed by atoms with van der Waals surface area (Å²) < 4.78 is 0. The molecular formula is C16H15NS. The van der Waals surface area contributed by atoms with E-state index in [0.717, 1.165) is 4.90 Å². The second kappa shape index (κ2) is 5.29. The minimum Gasteiger partial charge on any atom is -0.192 e. The standard InChI is InChI=1S/C16H15NS/c1-11-7-12(2)16(13(3)8-11)18-15-6-4-5-14(9-15)10-17/h4-9H,1-3H3. The zero-order valence-electron chi connectivity index (χ0n) is 10.8. The molecule has 0 fully saturated rings. The zero-order chi connectivity index (χ0) is 13.1. The molecule has 2 aromatic carbocycles. The summed E-state index contributed by atoms with van der Waals surface area (Å²) in [5.74, 6) is 0. The van der Waals surface area contributed by atoms with Crippen molar-refractivity contribution in [1.82, 2.24) is 0 Å². The maximum absolute atomic E-state index is 8.91. The molecule has 0 spiro atoms. The van der Waals surface area contributed by atoms with E-state index in [4.69, 9.17) is 5.26 Å². The fraction of sp³-hybridized carbons (Fsp3) is 0.188. The molecule has 0 saturated carbocycles. The van der Waals surface area contributed by atoms with E-state index in [2.05, 4.69) is 39.0 Å². The Hall–Kier alpha value is -1.72. The zero-order valence-corrected chi connectivity index (χ0v) is 11.6. The maximum atomic E-state index is 8.91. The number of hydrogen-bond acceptors (Lipinski definition) is 2. The Morgan fingerprint density at radius 2 is 1.67 bits per heavy atom. The predicted molar refractivity (Wildman–Crippen MR) is 75.9 cm³/mol. The van der Waals surface area contributed by atoms with Gasteiger partial charge in [0.05, 0.1) is 11.6 Å². The van der Waals surface area contributed by atoms with Gasteiger partial charge in [-0.25, -0.2) is 0 Å². The van der Waals surface area contributed by atoms with E-state index >= 15 is 0 Å². The molecule has 0 aliphatic carbocycles. The lowest BCUT2D eigenvalue weighted by atomic mass is 10.1.